The third-order valence-corrected chi connectivity index (χ3v) is 3.48. The minimum Gasteiger partial charge on any atom is -0.363 e. The van der Waals surface area contributed by atoms with E-state index >= 15 is 0 Å². The first-order chi connectivity index (χ1) is 7.74. The summed E-state index contributed by atoms with van der Waals surface area (Å²) in [5, 5.41) is 3.48. The average Bonchev–Trinajstić information content (AvgIpc) is 2.29. The van der Waals surface area contributed by atoms with Gasteiger partial charge < -0.3 is 10.2 Å². The molecule has 2 unspecified atom stereocenters. The third kappa shape index (κ3) is 2.07. The van der Waals surface area contributed by atoms with Crippen LogP contribution in [0.5, 0.6) is 0 Å². The number of aryl methyl sites for hydroxylation is 1. The molecule has 0 aromatic heterocycles. The summed E-state index contributed by atoms with van der Waals surface area (Å²) in [6.45, 7) is 9.01. The number of para-hydroxylation sites is 1. The largest absolute Gasteiger partial charge is 0.363 e. The molecule has 1 N–H and O–H groups in total. The van der Waals surface area contributed by atoms with Crippen LogP contribution in [0.3, 0.4) is 0 Å². The van der Waals surface area contributed by atoms with Crippen molar-refractivity contribution in [2.24, 2.45) is 0 Å². The van der Waals surface area contributed by atoms with Gasteiger partial charge in [-0.2, -0.15) is 0 Å². The Labute approximate surface area is 98.7 Å². The minimum absolute atomic E-state index is 0.580. The highest BCUT2D eigenvalue weighted by atomic mass is 15.2. The maximum Gasteiger partial charge on any atom is 0.0404 e. The monoisotopic (exact) mass is 218 g/mol. The fourth-order valence-corrected chi connectivity index (χ4v) is 2.67. The van der Waals surface area contributed by atoms with Crippen molar-refractivity contribution in [3.05, 3.63) is 29.8 Å². The Kier molecular flexibility index (Phi) is 3.49. The number of rotatable bonds is 2. The van der Waals surface area contributed by atoms with E-state index in [9.17, 15) is 0 Å². The fraction of sp³-hybridized carbons (Fsp3) is 0.571. The molecule has 2 rings (SSSR count). The van der Waals surface area contributed by atoms with E-state index in [1.165, 1.54) is 11.3 Å². The van der Waals surface area contributed by atoms with Gasteiger partial charge in [-0.3, -0.25) is 0 Å². The van der Waals surface area contributed by atoms with E-state index in [-0.39, 0.29) is 0 Å². The standard InChI is InChI=1S/C14H22N2/c1-4-13-7-5-6-8-14(13)16-11(2)9-15-10-12(16)3/h5-8,11-12,15H,4,9-10H2,1-3H3. The molecule has 88 valence electrons. The van der Waals surface area contributed by atoms with Crippen molar-refractivity contribution < 1.29 is 0 Å². The number of benzene rings is 1. The first-order valence-electron chi connectivity index (χ1n) is 6.31. The van der Waals surface area contributed by atoms with Crippen LogP contribution in [0.25, 0.3) is 0 Å². The summed E-state index contributed by atoms with van der Waals surface area (Å²) < 4.78 is 0. The summed E-state index contributed by atoms with van der Waals surface area (Å²) in [5.41, 5.74) is 2.88. The molecule has 1 aliphatic rings. The van der Waals surface area contributed by atoms with Crippen molar-refractivity contribution in [2.75, 3.05) is 18.0 Å². The lowest BCUT2D eigenvalue weighted by atomic mass is 10.0. The summed E-state index contributed by atoms with van der Waals surface area (Å²) in [4.78, 5) is 2.56. The Balaban J connectivity index is 2.33. The van der Waals surface area contributed by atoms with Crippen LogP contribution in [0.4, 0.5) is 5.69 Å². The molecule has 0 saturated carbocycles. The zero-order valence-electron chi connectivity index (χ0n) is 10.5. The molecule has 1 aromatic carbocycles. The van der Waals surface area contributed by atoms with Gasteiger partial charge in [0, 0.05) is 30.9 Å². The second-order valence-corrected chi connectivity index (χ2v) is 4.75. The van der Waals surface area contributed by atoms with E-state index in [0.717, 1.165) is 19.5 Å². The van der Waals surface area contributed by atoms with Gasteiger partial charge in [-0.15, -0.1) is 0 Å². The summed E-state index contributed by atoms with van der Waals surface area (Å²) in [6.07, 6.45) is 1.11. The molecular weight excluding hydrogens is 196 g/mol. The van der Waals surface area contributed by atoms with Crippen LogP contribution in [0.1, 0.15) is 26.3 Å². The molecule has 1 fully saturated rings. The van der Waals surface area contributed by atoms with E-state index in [1.54, 1.807) is 0 Å². The van der Waals surface area contributed by atoms with E-state index in [2.05, 4.69) is 55.3 Å². The van der Waals surface area contributed by atoms with Gasteiger partial charge in [0.25, 0.3) is 0 Å². The Bertz CT molecular complexity index is 338. The predicted molar refractivity (Wildman–Crippen MR) is 70.1 cm³/mol. The SMILES string of the molecule is CCc1ccccc1N1C(C)CNCC1C. The van der Waals surface area contributed by atoms with Gasteiger partial charge in [0.15, 0.2) is 0 Å². The molecule has 0 spiro atoms. The van der Waals surface area contributed by atoms with E-state index in [1.807, 2.05) is 0 Å². The zero-order chi connectivity index (χ0) is 11.5. The molecule has 0 radical (unpaired) electrons. The molecule has 2 heteroatoms. The van der Waals surface area contributed by atoms with E-state index < -0.39 is 0 Å². The van der Waals surface area contributed by atoms with Crippen molar-refractivity contribution >= 4 is 5.69 Å². The molecule has 0 amide bonds. The highest BCUT2D eigenvalue weighted by molar-refractivity contribution is 5.55. The summed E-state index contributed by atoms with van der Waals surface area (Å²) in [5.74, 6) is 0. The van der Waals surface area contributed by atoms with E-state index in [0.29, 0.717) is 12.1 Å². The molecule has 2 nitrogen and oxygen atoms in total. The number of piperazine rings is 1. The average molecular weight is 218 g/mol. The number of nitrogens with zero attached hydrogens (tertiary/aromatic N) is 1. The fourth-order valence-electron chi connectivity index (χ4n) is 2.67. The first-order valence-corrected chi connectivity index (χ1v) is 6.31. The van der Waals surface area contributed by atoms with Crippen LogP contribution < -0.4 is 10.2 Å². The second-order valence-electron chi connectivity index (χ2n) is 4.75. The highest BCUT2D eigenvalue weighted by Gasteiger charge is 2.25. The van der Waals surface area contributed by atoms with Crippen LogP contribution in [-0.2, 0) is 6.42 Å². The maximum absolute atomic E-state index is 3.48. The lowest BCUT2D eigenvalue weighted by Crippen LogP contribution is -2.55. The summed E-state index contributed by atoms with van der Waals surface area (Å²) in [7, 11) is 0. The molecule has 1 aliphatic heterocycles. The van der Waals surface area contributed by atoms with E-state index in [4.69, 9.17) is 0 Å². The van der Waals surface area contributed by atoms with Crippen LogP contribution in [0.15, 0.2) is 24.3 Å². The topological polar surface area (TPSA) is 15.3 Å². The quantitative estimate of drug-likeness (QED) is 0.820. The molecule has 16 heavy (non-hydrogen) atoms. The van der Waals surface area contributed by atoms with Gasteiger partial charge in [0.2, 0.25) is 0 Å². The van der Waals surface area contributed by atoms with Crippen molar-refractivity contribution in [1.82, 2.24) is 5.32 Å². The number of nitrogens with one attached hydrogen (secondary N) is 1. The Hall–Kier alpha value is -1.02. The van der Waals surface area contributed by atoms with Crippen LogP contribution in [-0.4, -0.2) is 25.2 Å². The van der Waals surface area contributed by atoms with Gasteiger partial charge in [-0.25, -0.2) is 0 Å². The van der Waals surface area contributed by atoms with Gasteiger partial charge in [0.05, 0.1) is 0 Å². The Morgan fingerprint density at radius 3 is 2.44 bits per heavy atom. The second kappa shape index (κ2) is 4.88. The van der Waals surface area contributed by atoms with Crippen molar-refractivity contribution in [3.8, 4) is 0 Å². The van der Waals surface area contributed by atoms with Crippen LogP contribution in [0, 0.1) is 0 Å². The maximum atomic E-state index is 3.48. The molecule has 0 bridgehead atoms. The Morgan fingerprint density at radius 1 is 1.19 bits per heavy atom. The molecular formula is C14H22N2. The van der Waals surface area contributed by atoms with Crippen LogP contribution >= 0.6 is 0 Å². The number of anilines is 1. The van der Waals surface area contributed by atoms with Crippen molar-refractivity contribution in [3.63, 3.8) is 0 Å². The highest BCUT2D eigenvalue weighted by Crippen LogP contribution is 2.26. The van der Waals surface area contributed by atoms with Crippen molar-refractivity contribution in [1.29, 1.82) is 0 Å². The lowest BCUT2D eigenvalue weighted by Gasteiger charge is -2.42. The smallest absolute Gasteiger partial charge is 0.0404 e. The number of hydrogen-bond acceptors (Lipinski definition) is 2. The molecule has 2 atom stereocenters. The van der Waals surface area contributed by atoms with Crippen LogP contribution in [0.2, 0.25) is 0 Å². The Morgan fingerprint density at radius 2 is 1.81 bits per heavy atom. The molecule has 0 aliphatic carbocycles. The number of hydrogen-bond donors (Lipinski definition) is 1. The normalized spacial score (nSPS) is 25.8. The third-order valence-electron chi connectivity index (χ3n) is 3.48. The summed E-state index contributed by atoms with van der Waals surface area (Å²) in [6, 6.07) is 9.96. The molecule has 1 aromatic rings. The minimum atomic E-state index is 0.580. The first kappa shape index (κ1) is 11.5. The van der Waals surface area contributed by atoms with Gasteiger partial charge in [-0.05, 0) is 31.9 Å². The zero-order valence-corrected chi connectivity index (χ0v) is 10.5. The van der Waals surface area contributed by atoms with Gasteiger partial charge in [0.1, 0.15) is 0 Å². The molecule has 1 heterocycles. The van der Waals surface area contributed by atoms with Gasteiger partial charge in [-0.1, -0.05) is 25.1 Å². The van der Waals surface area contributed by atoms with Crippen molar-refractivity contribution in [2.45, 2.75) is 39.3 Å². The lowest BCUT2D eigenvalue weighted by molar-refractivity contribution is 0.431. The predicted octanol–water partition coefficient (Wildman–Crippen LogP) is 2.44. The van der Waals surface area contributed by atoms with Gasteiger partial charge >= 0.3 is 0 Å². The summed E-state index contributed by atoms with van der Waals surface area (Å²) >= 11 is 0. The molecule has 1 saturated heterocycles.